The molecule has 9 nitrogen and oxygen atoms in total. The number of hydrogen-bond acceptors (Lipinski definition) is 9. The van der Waals surface area contributed by atoms with Gasteiger partial charge in [-0.05, 0) is 43.7 Å². The Kier molecular flexibility index (Phi) is 6.05. The van der Waals surface area contributed by atoms with Crippen LogP contribution in [0.1, 0.15) is 24.1 Å². The lowest BCUT2D eigenvalue weighted by molar-refractivity contribution is 0.307. The van der Waals surface area contributed by atoms with Gasteiger partial charge >= 0.3 is 0 Å². The molecule has 0 atom stereocenters. The number of fused-ring (bicyclic) bond motifs is 1. The van der Waals surface area contributed by atoms with E-state index in [4.69, 9.17) is 16.3 Å². The van der Waals surface area contributed by atoms with Crippen LogP contribution in [0, 0.1) is 0 Å². The number of anilines is 4. The summed E-state index contributed by atoms with van der Waals surface area (Å²) in [6.07, 6.45) is 3.69. The van der Waals surface area contributed by atoms with Crippen LogP contribution in [-0.4, -0.2) is 54.2 Å². The van der Waals surface area contributed by atoms with Crippen molar-refractivity contribution in [2.24, 2.45) is 0 Å². The first kappa shape index (κ1) is 22.8. The molecular weight excluding hydrogens is 476 g/mol. The maximum absolute atomic E-state index is 12.9. The van der Waals surface area contributed by atoms with Gasteiger partial charge < -0.3 is 20.3 Å². The Balaban J connectivity index is 1.45. The topological polar surface area (TPSA) is 109 Å². The lowest BCUT2D eigenvalue weighted by atomic mass is 10.1. The van der Waals surface area contributed by atoms with Crippen LogP contribution in [-0.2, 0) is 22.8 Å². The van der Waals surface area contributed by atoms with Crippen molar-refractivity contribution in [1.82, 2.24) is 19.9 Å². The van der Waals surface area contributed by atoms with Crippen molar-refractivity contribution in [1.29, 1.82) is 0 Å². The largest absolute Gasteiger partial charge is 0.480 e. The molecule has 0 unspecified atom stereocenters. The van der Waals surface area contributed by atoms with Gasteiger partial charge in [-0.1, -0.05) is 23.7 Å². The first-order chi connectivity index (χ1) is 16.3. The zero-order chi connectivity index (χ0) is 23.9. The second kappa shape index (κ2) is 9.01. The van der Waals surface area contributed by atoms with Gasteiger partial charge in [-0.2, -0.15) is 4.98 Å². The van der Waals surface area contributed by atoms with Crippen molar-refractivity contribution in [3.05, 3.63) is 52.8 Å². The number of ether oxygens (including phenoxy) is 1. The molecule has 1 aliphatic heterocycles. The minimum Gasteiger partial charge on any atom is -0.480 e. The first-order valence-electron chi connectivity index (χ1n) is 11.0. The Labute approximate surface area is 203 Å². The van der Waals surface area contributed by atoms with Crippen LogP contribution < -0.4 is 15.4 Å². The number of hydrogen-bond donors (Lipinski definition) is 2. The van der Waals surface area contributed by atoms with E-state index < -0.39 is 9.84 Å². The van der Waals surface area contributed by atoms with Gasteiger partial charge in [-0.3, -0.25) is 0 Å². The highest BCUT2D eigenvalue weighted by atomic mass is 35.5. The first-order valence-corrected chi connectivity index (χ1v) is 12.9. The number of aromatic nitrogens is 3. The highest BCUT2D eigenvalue weighted by Crippen LogP contribution is 2.38. The van der Waals surface area contributed by atoms with E-state index in [1.54, 1.807) is 31.4 Å². The number of sulfone groups is 1. The third-order valence-electron chi connectivity index (χ3n) is 5.92. The standard InChI is InChI=1S/C23H25ClN6O3S/c1-30-10-9-17-14(13-30)11-19(22(27-17)33-2)28-23-25-12-16(24)21(29-23)26-18-5-3-4-6-20(18)34(31,32)15-7-8-15/h3-6,11-12,15H,7-10,13H2,1-2H3,(H2,25,26,28,29). The van der Waals surface area contributed by atoms with Gasteiger partial charge in [0.1, 0.15) is 10.7 Å². The van der Waals surface area contributed by atoms with Crippen molar-refractivity contribution in [2.45, 2.75) is 36.0 Å². The van der Waals surface area contributed by atoms with Crippen molar-refractivity contribution >= 4 is 44.6 Å². The van der Waals surface area contributed by atoms with E-state index in [0.29, 0.717) is 35.9 Å². The minimum absolute atomic E-state index is 0.242. The van der Waals surface area contributed by atoms with Crippen LogP contribution in [0.25, 0.3) is 0 Å². The molecule has 0 radical (unpaired) electrons. The third kappa shape index (κ3) is 4.53. The predicted molar refractivity (Wildman–Crippen MR) is 131 cm³/mol. The van der Waals surface area contributed by atoms with Gasteiger partial charge in [0, 0.05) is 19.5 Å². The van der Waals surface area contributed by atoms with Crippen LogP contribution in [0.15, 0.2) is 41.4 Å². The maximum Gasteiger partial charge on any atom is 0.237 e. The van der Waals surface area contributed by atoms with E-state index in [2.05, 4.69) is 37.5 Å². The molecule has 0 bridgehead atoms. The van der Waals surface area contributed by atoms with Crippen LogP contribution in [0.4, 0.5) is 23.1 Å². The molecule has 0 amide bonds. The van der Waals surface area contributed by atoms with E-state index in [1.807, 2.05) is 6.07 Å². The van der Waals surface area contributed by atoms with Gasteiger partial charge in [-0.25, -0.2) is 18.4 Å². The number of pyridine rings is 1. The average Bonchev–Trinajstić information content (AvgIpc) is 3.67. The number of likely N-dealkylation sites (N-methyl/N-ethyl adjacent to an activating group) is 1. The van der Waals surface area contributed by atoms with Crippen LogP contribution in [0.5, 0.6) is 5.88 Å². The molecule has 2 N–H and O–H groups in total. The van der Waals surface area contributed by atoms with E-state index >= 15 is 0 Å². The average molecular weight is 501 g/mol. The molecule has 0 spiro atoms. The molecule has 34 heavy (non-hydrogen) atoms. The van der Waals surface area contributed by atoms with Crippen LogP contribution in [0.3, 0.4) is 0 Å². The Hall–Kier alpha value is -2.95. The van der Waals surface area contributed by atoms with E-state index in [0.717, 1.165) is 30.8 Å². The molecule has 5 rings (SSSR count). The summed E-state index contributed by atoms with van der Waals surface area (Å²) in [4.78, 5) is 15.9. The smallest absolute Gasteiger partial charge is 0.237 e. The van der Waals surface area contributed by atoms with Gasteiger partial charge in [-0.15, -0.1) is 0 Å². The Morgan fingerprint density at radius 3 is 2.71 bits per heavy atom. The summed E-state index contributed by atoms with van der Waals surface area (Å²) >= 11 is 6.35. The lowest BCUT2D eigenvalue weighted by Gasteiger charge is -2.25. The van der Waals surface area contributed by atoms with Crippen molar-refractivity contribution in [3.63, 3.8) is 0 Å². The van der Waals surface area contributed by atoms with Crippen molar-refractivity contribution in [3.8, 4) is 5.88 Å². The number of methoxy groups -OCH3 is 1. The van der Waals surface area contributed by atoms with Crippen molar-refractivity contribution in [2.75, 3.05) is 31.3 Å². The molecule has 1 fully saturated rings. The highest BCUT2D eigenvalue weighted by molar-refractivity contribution is 7.92. The number of nitrogens with one attached hydrogen (secondary N) is 2. The molecule has 1 aliphatic carbocycles. The summed E-state index contributed by atoms with van der Waals surface area (Å²) in [5.74, 6) is 1.03. The molecule has 1 saturated carbocycles. The number of halogens is 1. The Morgan fingerprint density at radius 1 is 1.15 bits per heavy atom. The predicted octanol–water partition coefficient (Wildman–Crippen LogP) is 3.94. The zero-order valence-corrected chi connectivity index (χ0v) is 20.4. The highest BCUT2D eigenvalue weighted by Gasteiger charge is 2.38. The lowest BCUT2D eigenvalue weighted by Crippen LogP contribution is -2.27. The maximum atomic E-state index is 12.9. The Morgan fingerprint density at radius 2 is 1.94 bits per heavy atom. The summed E-state index contributed by atoms with van der Waals surface area (Å²) in [5.41, 5.74) is 3.20. The molecule has 178 valence electrons. The third-order valence-corrected chi connectivity index (χ3v) is 8.52. The van der Waals surface area contributed by atoms with E-state index in [-0.39, 0.29) is 21.1 Å². The fourth-order valence-electron chi connectivity index (χ4n) is 3.98. The fraction of sp³-hybridized carbons (Fsp3) is 0.348. The Bertz CT molecular complexity index is 1350. The SMILES string of the molecule is COc1nc2c(cc1Nc1ncc(Cl)c(Nc3ccccc3S(=O)(=O)C3CC3)n1)CN(C)CC2. The van der Waals surface area contributed by atoms with E-state index in [1.165, 1.54) is 6.20 Å². The van der Waals surface area contributed by atoms with Gasteiger partial charge in [0.15, 0.2) is 15.7 Å². The fourth-order valence-corrected chi connectivity index (χ4v) is 5.93. The van der Waals surface area contributed by atoms with Crippen molar-refractivity contribution < 1.29 is 13.2 Å². The molecule has 0 saturated heterocycles. The molecule has 2 aliphatic rings. The second-order valence-electron chi connectivity index (χ2n) is 8.52. The summed E-state index contributed by atoms with van der Waals surface area (Å²) in [6, 6.07) is 8.78. The second-order valence-corrected chi connectivity index (χ2v) is 11.1. The van der Waals surface area contributed by atoms with Gasteiger partial charge in [0.25, 0.3) is 0 Å². The molecule has 1 aromatic carbocycles. The molecule has 3 aromatic rings. The number of benzene rings is 1. The van der Waals surface area contributed by atoms with E-state index in [9.17, 15) is 8.42 Å². The quantitative estimate of drug-likeness (QED) is 0.498. The molecule has 2 aromatic heterocycles. The summed E-state index contributed by atoms with van der Waals surface area (Å²) in [5, 5.41) is 6.20. The molecular formula is C23H25ClN6O3S. The summed E-state index contributed by atoms with van der Waals surface area (Å²) < 4.78 is 31.2. The number of para-hydroxylation sites is 1. The molecule has 11 heteroatoms. The monoisotopic (exact) mass is 500 g/mol. The minimum atomic E-state index is -3.40. The summed E-state index contributed by atoms with van der Waals surface area (Å²) in [7, 11) is 0.239. The zero-order valence-electron chi connectivity index (χ0n) is 18.9. The summed E-state index contributed by atoms with van der Waals surface area (Å²) in [6.45, 7) is 1.74. The van der Waals surface area contributed by atoms with Crippen LogP contribution in [0.2, 0.25) is 5.02 Å². The van der Waals surface area contributed by atoms with Gasteiger partial charge in [0.05, 0.1) is 34.8 Å². The number of nitrogens with zero attached hydrogens (tertiary/aromatic N) is 4. The number of rotatable bonds is 7. The van der Waals surface area contributed by atoms with Crippen LogP contribution >= 0.6 is 11.6 Å². The van der Waals surface area contributed by atoms with Gasteiger partial charge in [0.2, 0.25) is 11.8 Å². The normalized spacial score (nSPS) is 16.1. The molecule has 3 heterocycles.